The second-order valence-corrected chi connectivity index (χ2v) is 6.76. The molecule has 0 spiro atoms. The number of urea groups is 1. The molecule has 0 radical (unpaired) electrons. The van der Waals surface area contributed by atoms with E-state index in [-0.39, 0.29) is 18.0 Å². The van der Waals surface area contributed by atoms with Crippen molar-refractivity contribution in [3.8, 4) is 0 Å². The molecule has 29 heavy (non-hydrogen) atoms. The third-order valence-electron chi connectivity index (χ3n) is 4.72. The Balaban J connectivity index is 1.53. The summed E-state index contributed by atoms with van der Waals surface area (Å²) in [6.45, 7) is 8.34. The smallest absolute Gasteiger partial charge is 0.322 e. The molecule has 3 amide bonds. The van der Waals surface area contributed by atoms with Gasteiger partial charge in [0.15, 0.2) is 0 Å². The van der Waals surface area contributed by atoms with Crippen LogP contribution in [-0.4, -0.2) is 66.6 Å². The van der Waals surface area contributed by atoms with E-state index in [1.807, 2.05) is 19.9 Å². The largest absolute Gasteiger partial charge is 0.427 e. The summed E-state index contributed by atoms with van der Waals surface area (Å²) in [6, 6.07) is 3.58. The maximum Gasteiger partial charge on any atom is 0.322 e. The highest BCUT2D eigenvalue weighted by Gasteiger charge is 2.21. The molecule has 3 rings (SSSR count). The Morgan fingerprint density at radius 3 is 2.62 bits per heavy atom. The molecule has 1 fully saturated rings. The van der Waals surface area contributed by atoms with Crippen molar-refractivity contribution >= 4 is 23.6 Å². The van der Waals surface area contributed by atoms with E-state index in [2.05, 4.69) is 35.7 Å². The van der Waals surface area contributed by atoms with E-state index in [4.69, 9.17) is 4.42 Å². The van der Waals surface area contributed by atoms with Crippen molar-refractivity contribution in [2.45, 2.75) is 20.4 Å². The van der Waals surface area contributed by atoms with Gasteiger partial charge < -0.3 is 20.0 Å². The van der Waals surface area contributed by atoms with Crippen molar-refractivity contribution in [1.29, 1.82) is 0 Å². The molecular formula is C19H27N7O3. The molecule has 0 aromatic carbocycles. The Kier molecular flexibility index (Phi) is 6.65. The number of amides is 3. The van der Waals surface area contributed by atoms with Gasteiger partial charge in [-0.1, -0.05) is 0 Å². The lowest BCUT2D eigenvalue weighted by Gasteiger charge is -2.36. The van der Waals surface area contributed by atoms with Gasteiger partial charge in [0, 0.05) is 39.8 Å². The lowest BCUT2D eigenvalue weighted by molar-refractivity contribution is 0.0958. The van der Waals surface area contributed by atoms with Crippen LogP contribution in [0.4, 0.5) is 16.5 Å². The molecule has 1 aliphatic rings. The zero-order chi connectivity index (χ0) is 20.8. The predicted molar refractivity (Wildman–Crippen MR) is 109 cm³/mol. The Morgan fingerprint density at radius 1 is 1.21 bits per heavy atom. The summed E-state index contributed by atoms with van der Waals surface area (Å²) in [5.74, 6) is 0.524. The second-order valence-electron chi connectivity index (χ2n) is 6.76. The highest BCUT2D eigenvalue weighted by atomic mass is 16.4. The maximum absolute atomic E-state index is 11.7. The zero-order valence-electron chi connectivity index (χ0n) is 17.0. The van der Waals surface area contributed by atoms with Gasteiger partial charge in [-0.2, -0.15) is 0 Å². The first kappa shape index (κ1) is 20.6. The van der Waals surface area contributed by atoms with E-state index in [1.165, 1.54) is 0 Å². The van der Waals surface area contributed by atoms with Gasteiger partial charge in [0.25, 0.3) is 5.91 Å². The highest BCUT2D eigenvalue weighted by Crippen LogP contribution is 2.21. The summed E-state index contributed by atoms with van der Waals surface area (Å²) in [4.78, 5) is 36.3. The van der Waals surface area contributed by atoms with Crippen LogP contribution in [0.3, 0.4) is 0 Å². The second kappa shape index (κ2) is 9.37. The molecule has 3 heterocycles. The number of piperazine rings is 1. The number of hydrogen-bond acceptors (Lipinski definition) is 7. The molecule has 1 aliphatic heterocycles. The van der Waals surface area contributed by atoms with Gasteiger partial charge in [0.05, 0.1) is 24.1 Å². The molecule has 2 aromatic rings. The summed E-state index contributed by atoms with van der Waals surface area (Å²) in [6.07, 6.45) is 1.64. The molecule has 0 saturated carbocycles. The molecule has 2 aromatic heterocycles. The number of anilines is 2. The standard InChI is InChI=1S/C19H27N7O3/c1-4-21-18(28)24-19-22-11-14(29-19)12-25-7-9-26(10-8-25)16-6-5-15(17(27)20-3)23-13(16)2/h5-6,11H,4,7-10,12H2,1-3H3,(H,20,27)(H2,21,22,24,28). The molecule has 0 aliphatic carbocycles. The number of carbonyl (C=O) groups is 2. The molecule has 10 heteroatoms. The first-order valence-corrected chi connectivity index (χ1v) is 9.66. The number of pyridine rings is 1. The molecule has 0 atom stereocenters. The normalized spacial score (nSPS) is 14.5. The molecule has 0 unspecified atom stereocenters. The van der Waals surface area contributed by atoms with Crippen molar-refractivity contribution in [3.63, 3.8) is 0 Å². The number of hydrogen-bond donors (Lipinski definition) is 3. The van der Waals surface area contributed by atoms with Gasteiger partial charge in [0.2, 0.25) is 0 Å². The number of rotatable bonds is 6. The molecular weight excluding hydrogens is 374 g/mol. The van der Waals surface area contributed by atoms with Gasteiger partial charge >= 0.3 is 12.0 Å². The van der Waals surface area contributed by atoms with Crippen molar-refractivity contribution in [2.24, 2.45) is 0 Å². The van der Waals surface area contributed by atoms with Crippen molar-refractivity contribution in [3.05, 3.63) is 35.5 Å². The van der Waals surface area contributed by atoms with E-state index in [0.717, 1.165) is 37.6 Å². The quantitative estimate of drug-likeness (QED) is 0.666. The average Bonchev–Trinajstić information content (AvgIpc) is 3.14. The fourth-order valence-electron chi connectivity index (χ4n) is 3.25. The molecule has 1 saturated heterocycles. The van der Waals surface area contributed by atoms with Crippen LogP contribution in [0.15, 0.2) is 22.7 Å². The number of oxazole rings is 1. The van der Waals surface area contributed by atoms with E-state index in [9.17, 15) is 9.59 Å². The minimum atomic E-state index is -0.332. The predicted octanol–water partition coefficient (Wildman–Crippen LogP) is 1.20. The van der Waals surface area contributed by atoms with Crippen LogP contribution in [0.2, 0.25) is 0 Å². The molecule has 156 valence electrons. The Hall–Kier alpha value is -3.14. The first-order chi connectivity index (χ1) is 14.0. The lowest BCUT2D eigenvalue weighted by atomic mass is 10.2. The van der Waals surface area contributed by atoms with E-state index >= 15 is 0 Å². The van der Waals surface area contributed by atoms with Crippen LogP contribution in [0.1, 0.15) is 28.9 Å². The fourth-order valence-corrected chi connectivity index (χ4v) is 3.25. The minimum absolute atomic E-state index is 0.183. The van der Waals surface area contributed by atoms with Gasteiger partial charge in [-0.15, -0.1) is 0 Å². The zero-order valence-corrected chi connectivity index (χ0v) is 17.0. The number of aryl methyl sites for hydroxylation is 1. The van der Waals surface area contributed by atoms with Crippen LogP contribution >= 0.6 is 0 Å². The van der Waals surface area contributed by atoms with Gasteiger partial charge in [-0.05, 0) is 26.0 Å². The third kappa shape index (κ3) is 5.23. The topological polar surface area (TPSA) is 116 Å². The number of carbonyl (C=O) groups excluding carboxylic acids is 2. The van der Waals surface area contributed by atoms with Crippen LogP contribution < -0.4 is 20.9 Å². The van der Waals surface area contributed by atoms with E-state index in [0.29, 0.717) is 24.5 Å². The summed E-state index contributed by atoms with van der Waals surface area (Å²) in [7, 11) is 1.60. The third-order valence-corrected chi connectivity index (χ3v) is 4.72. The number of nitrogens with one attached hydrogen (secondary N) is 3. The summed E-state index contributed by atoms with van der Waals surface area (Å²) in [5, 5.41) is 7.78. The van der Waals surface area contributed by atoms with Crippen molar-refractivity contribution in [1.82, 2.24) is 25.5 Å². The Labute approximate surface area is 169 Å². The lowest BCUT2D eigenvalue weighted by Crippen LogP contribution is -2.46. The van der Waals surface area contributed by atoms with E-state index in [1.54, 1.807) is 19.3 Å². The monoisotopic (exact) mass is 401 g/mol. The fraction of sp³-hybridized carbons (Fsp3) is 0.474. The van der Waals surface area contributed by atoms with Crippen molar-refractivity contribution < 1.29 is 14.0 Å². The van der Waals surface area contributed by atoms with Crippen LogP contribution in [0.25, 0.3) is 0 Å². The Morgan fingerprint density at radius 2 is 1.97 bits per heavy atom. The Bertz CT molecular complexity index is 859. The first-order valence-electron chi connectivity index (χ1n) is 9.66. The average molecular weight is 401 g/mol. The molecule has 10 nitrogen and oxygen atoms in total. The highest BCUT2D eigenvalue weighted by molar-refractivity contribution is 5.92. The number of nitrogens with zero attached hydrogens (tertiary/aromatic N) is 4. The van der Waals surface area contributed by atoms with Crippen LogP contribution in [-0.2, 0) is 6.54 Å². The number of aromatic nitrogens is 2. The summed E-state index contributed by atoms with van der Waals surface area (Å²) >= 11 is 0. The van der Waals surface area contributed by atoms with Gasteiger partial charge in [-0.25, -0.2) is 14.8 Å². The van der Waals surface area contributed by atoms with Gasteiger partial charge in [-0.3, -0.25) is 15.0 Å². The summed E-state index contributed by atoms with van der Waals surface area (Å²) < 4.78 is 5.59. The van der Waals surface area contributed by atoms with Crippen LogP contribution in [0, 0.1) is 6.92 Å². The minimum Gasteiger partial charge on any atom is -0.427 e. The molecule has 0 bridgehead atoms. The van der Waals surface area contributed by atoms with E-state index < -0.39 is 0 Å². The van der Waals surface area contributed by atoms with Crippen LogP contribution in [0.5, 0.6) is 0 Å². The SMILES string of the molecule is CCNC(=O)Nc1ncc(CN2CCN(c3ccc(C(=O)NC)nc3C)CC2)o1. The van der Waals surface area contributed by atoms with Crippen molar-refractivity contribution in [2.75, 3.05) is 50.0 Å². The molecule has 3 N–H and O–H groups in total. The summed E-state index contributed by atoms with van der Waals surface area (Å²) in [5.41, 5.74) is 2.32. The van der Waals surface area contributed by atoms with Gasteiger partial charge in [0.1, 0.15) is 11.5 Å². The maximum atomic E-state index is 11.7.